The van der Waals surface area contributed by atoms with Gasteiger partial charge in [-0.2, -0.15) is 13.2 Å². The van der Waals surface area contributed by atoms with Gasteiger partial charge in [0, 0.05) is 19.5 Å². The van der Waals surface area contributed by atoms with Crippen molar-refractivity contribution in [3.8, 4) is 5.75 Å². The summed E-state index contributed by atoms with van der Waals surface area (Å²) in [6.45, 7) is 2.88. The average Bonchev–Trinajstić information content (AvgIpc) is 3.08. The Bertz CT molecular complexity index is 1860. The van der Waals surface area contributed by atoms with Crippen LogP contribution >= 0.6 is 11.6 Å². The van der Waals surface area contributed by atoms with Gasteiger partial charge in [0.25, 0.3) is 10.0 Å². The van der Waals surface area contributed by atoms with Crippen molar-refractivity contribution < 1.29 is 35.9 Å². The molecular weight excluding hydrogens is 679 g/mol. The maximum absolute atomic E-state index is 14.5. The zero-order valence-corrected chi connectivity index (χ0v) is 28.8. The number of nitrogens with one attached hydrogen (secondary N) is 1. The maximum Gasteiger partial charge on any atom is 0.417 e. The molecule has 4 aromatic rings. The molecule has 0 aliphatic heterocycles. The largest absolute Gasteiger partial charge is 0.497 e. The summed E-state index contributed by atoms with van der Waals surface area (Å²) in [4.78, 5) is 29.3. The van der Waals surface area contributed by atoms with Gasteiger partial charge < -0.3 is 15.0 Å². The number of hydrogen-bond acceptors (Lipinski definition) is 5. The molecule has 8 nitrogen and oxygen atoms in total. The third-order valence-electron chi connectivity index (χ3n) is 7.74. The van der Waals surface area contributed by atoms with Crippen molar-refractivity contribution >= 4 is 39.1 Å². The van der Waals surface area contributed by atoms with Gasteiger partial charge >= 0.3 is 6.18 Å². The molecule has 1 unspecified atom stereocenters. The van der Waals surface area contributed by atoms with E-state index in [-0.39, 0.29) is 17.9 Å². The van der Waals surface area contributed by atoms with Crippen LogP contribution in [0.25, 0.3) is 0 Å². The highest BCUT2D eigenvalue weighted by Gasteiger charge is 2.37. The minimum atomic E-state index is -4.91. The Morgan fingerprint density at radius 3 is 2.22 bits per heavy atom. The summed E-state index contributed by atoms with van der Waals surface area (Å²) in [5, 5.41) is 2.21. The van der Waals surface area contributed by atoms with Crippen molar-refractivity contribution in [3.05, 3.63) is 124 Å². The molecule has 0 fully saturated rings. The fourth-order valence-corrected chi connectivity index (χ4v) is 6.77. The minimum absolute atomic E-state index is 0.0793. The smallest absolute Gasteiger partial charge is 0.417 e. The van der Waals surface area contributed by atoms with Crippen molar-refractivity contribution in [2.75, 3.05) is 24.5 Å². The van der Waals surface area contributed by atoms with Crippen LogP contribution in [-0.4, -0.2) is 51.4 Å². The number of rotatable bonds is 14. The predicted molar refractivity (Wildman–Crippen MR) is 183 cm³/mol. The summed E-state index contributed by atoms with van der Waals surface area (Å²) in [5.41, 5.74) is 0.366. The van der Waals surface area contributed by atoms with E-state index in [1.807, 2.05) is 13.0 Å². The van der Waals surface area contributed by atoms with E-state index in [9.17, 15) is 31.2 Å². The summed E-state index contributed by atoms with van der Waals surface area (Å²) in [7, 11) is -3.14. The van der Waals surface area contributed by atoms with Crippen LogP contribution in [0.5, 0.6) is 5.75 Å². The third kappa shape index (κ3) is 9.54. The Labute approximate surface area is 289 Å². The van der Waals surface area contributed by atoms with E-state index >= 15 is 0 Å². The number of carbonyl (C=O) groups is 2. The summed E-state index contributed by atoms with van der Waals surface area (Å²) in [5.74, 6) is -0.806. The van der Waals surface area contributed by atoms with Crippen molar-refractivity contribution in [1.29, 1.82) is 0 Å². The van der Waals surface area contributed by atoms with E-state index in [1.54, 1.807) is 67.6 Å². The highest BCUT2D eigenvalue weighted by atomic mass is 35.5. The lowest BCUT2D eigenvalue weighted by Crippen LogP contribution is -2.53. The molecule has 4 rings (SSSR count). The molecule has 0 aromatic heterocycles. The van der Waals surface area contributed by atoms with Crippen molar-refractivity contribution in [3.63, 3.8) is 0 Å². The summed E-state index contributed by atoms with van der Waals surface area (Å²) in [6.07, 6.45) is -4.21. The van der Waals surface area contributed by atoms with Crippen LogP contribution in [0.4, 0.5) is 18.9 Å². The highest BCUT2D eigenvalue weighted by molar-refractivity contribution is 7.92. The molecule has 2 amide bonds. The first-order valence-corrected chi connectivity index (χ1v) is 17.3. The zero-order chi connectivity index (χ0) is 35.8. The Balaban J connectivity index is 1.87. The Hall–Kier alpha value is -4.55. The molecule has 1 atom stereocenters. The van der Waals surface area contributed by atoms with Crippen LogP contribution in [0.2, 0.25) is 5.02 Å². The standard InChI is InChI=1S/C36H37ClF3N3O5S/c1-4-19-41-35(45)33(21-26-9-6-5-7-10-26)42(23-27-11-8-12-29(20-27)48-3)34(44)24-43(49(46,47)30-16-13-25(2)14-17-30)28-15-18-32(37)31(22-28)36(38,39)40/h5-18,20,22,33H,4,19,21,23-24H2,1-3H3,(H,41,45). The number of benzene rings is 4. The molecule has 0 aliphatic carbocycles. The third-order valence-corrected chi connectivity index (χ3v) is 9.86. The first-order valence-electron chi connectivity index (χ1n) is 15.4. The number of aryl methyl sites for hydroxylation is 1. The monoisotopic (exact) mass is 715 g/mol. The van der Waals surface area contributed by atoms with Gasteiger partial charge in [0.2, 0.25) is 11.8 Å². The van der Waals surface area contributed by atoms with Gasteiger partial charge in [0.1, 0.15) is 18.3 Å². The average molecular weight is 716 g/mol. The number of methoxy groups -OCH3 is 1. The molecule has 0 spiro atoms. The number of nitrogens with zero attached hydrogens (tertiary/aromatic N) is 2. The van der Waals surface area contributed by atoms with Crippen LogP contribution in [0, 0.1) is 6.92 Å². The number of hydrogen-bond donors (Lipinski definition) is 1. The number of alkyl halides is 3. The second-order valence-electron chi connectivity index (χ2n) is 11.4. The maximum atomic E-state index is 14.5. The normalized spacial score (nSPS) is 12.2. The number of sulfonamides is 1. The number of carbonyl (C=O) groups excluding carboxylic acids is 2. The molecule has 13 heteroatoms. The predicted octanol–water partition coefficient (Wildman–Crippen LogP) is 7.04. The SMILES string of the molecule is CCCNC(=O)C(Cc1ccccc1)N(Cc1cccc(OC)c1)C(=O)CN(c1ccc(Cl)c(C(F)(F)F)c1)S(=O)(=O)c1ccc(C)cc1. The van der Waals surface area contributed by atoms with Gasteiger partial charge in [-0.1, -0.05) is 78.7 Å². The lowest BCUT2D eigenvalue weighted by Gasteiger charge is -2.34. The molecular formula is C36H37ClF3N3O5S. The molecule has 0 heterocycles. The Morgan fingerprint density at radius 2 is 1.59 bits per heavy atom. The molecule has 4 aromatic carbocycles. The number of amides is 2. The quantitative estimate of drug-likeness (QED) is 0.151. The summed E-state index contributed by atoms with van der Waals surface area (Å²) in [6, 6.07) is 23.0. The van der Waals surface area contributed by atoms with Crippen LogP contribution in [0.1, 0.15) is 35.6 Å². The lowest BCUT2D eigenvalue weighted by atomic mass is 10.0. The van der Waals surface area contributed by atoms with Gasteiger partial charge in [0.15, 0.2) is 0 Å². The van der Waals surface area contributed by atoms with Crippen molar-refractivity contribution in [2.45, 2.75) is 50.3 Å². The van der Waals surface area contributed by atoms with E-state index in [0.717, 1.165) is 23.3 Å². The van der Waals surface area contributed by atoms with Crippen LogP contribution in [0.3, 0.4) is 0 Å². The molecule has 1 N–H and O–H groups in total. The van der Waals surface area contributed by atoms with E-state index in [4.69, 9.17) is 16.3 Å². The number of ether oxygens (including phenoxy) is 1. The fraction of sp³-hybridized carbons (Fsp3) is 0.278. The topological polar surface area (TPSA) is 96.0 Å². The van der Waals surface area contributed by atoms with Gasteiger partial charge in [-0.25, -0.2) is 8.42 Å². The fourth-order valence-electron chi connectivity index (χ4n) is 5.14. The molecule has 0 radical (unpaired) electrons. The summed E-state index contributed by atoms with van der Waals surface area (Å²) < 4.78 is 76.2. The van der Waals surface area contributed by atoms with Gasteiger partial charge in [-0.3, -0.25) is 13.9 Å². The summed E-state index contributed by atoms with van der Waals surface area (Å²) >= 11 is 5.88. The van der Waals surface area contributed by atoms with E-state index in [2.05, 4.69) is 5.32 Å². The minimum Gasteiger partial charge on any atom is -0.497 e. The first kappa shape index (κ1) is 37.3. The van der Waals surface area contributed by atoms with Gasteiger partial charge in [0.05, 0.1) is 28.3 Å². The molecule has 49 heavy (non-hydrogen) atoms. The molecule has 0 aliphatic rings. The molecule has 0 bridgehead atoms. The van der Waals surface area contributed by atoms with Gasteiger partial charge in [-0.15, -0.1) is 0 Å². The van der Waals surface area contributed by atoms with E-state index in [1.165, 1.54) is 24.1 Å². The Morgan fingerprint density at radius 1 is 0.918 bits per heavy atom. The van der Waals surface area contributed by atoms with Crippen molar-refractivity contribution in [1.82, 2.24) is 10.2 Å². The van der Waals surface area contributed by atoms with Crippen LogP contribution < -0.4 is 14.4 Å². The zero-order valence-electron chi connectivity index (χ0n) is 27.2. The van der Waals surface area contributed by atoms with Crippen molar-refractivity contribution in [2.24, 2.45) is 0 Å². The van der Waals surface area contributed by atoms with Crippen LogP contribution in [0.15, 0.2) is 102 Å². The highest BCUT2D eigenvalue weighted by Crippen LogP contribution is 2.38. The second-order valence-corrected chi connectivity index (χ2v) is 13.6. The van der Waals surface area contributed by atoms with E-state index < -0.39 is 56.9 Å². The first-order chi connectivity index (χ1) is 23.2. The van der Waals surface area contributed by atoms with Gasteiger partial charge in [-0.05, 0) is 66.9 Å². The molecule has 0 saturated carbocycles. The Kier molecular flexibility index (Phi) is 12.3. The van der Waals surface area contributed by atoms with Crippen LogP contribution in [-0.2, 0) is 38.8 Å². The molecule has 260 valence electrons. The van der Waals surface area contributed by atoms with E-state index in [0.29, 0.717) is 34.7 Å². The molecule has 0 saturated heterocycles. The second kappa shape index (κ2) is 16.2. The lowest BCUT2D eigenvalue weighted by molar-refractivity contribution is -0.140. The number of anilines is 1. The number of halogens is 4.